The molecule has 0 saturated carbocycles. The van der Waals surface area contributed by atoms with Crippen molar-refractivity contribution in [3.05, 3.63) is 66.0 Å². The minimum atomic E-state index is -2.85. The topological polar surface area (TPSA) is 35.6 Å². The predicted molar refractivity (Wildman–Crippen MR) is 79.2 cm³/mol. The zero-order valence-corrected chi connectivity index (χ0v) is 12.5. The van der Waals surface area contributed by atoms with Gasteiger partial charge in [0.15, 0.2) is 0 Å². The van der Waals surface area contributed by atoms with Crippen LogP contribution in [0.1, 0.15) is 30.4 Å². The Kier molecular flexibility index (Phi) is 4.18. The molecule has 1 aromatic carbocycles. The Labute approximate surface area is 131 Å². The smallest absolute Gasteiger partial charge is 0.266 e. The number of halogens is 3. The summed E-state index contributed by atoms with van der Waals surface area (Å²) in [4.78, 5) is 8.51. The first-order valence-electron chi connectivity index (χ1n) is 7.19. The van der Waals surface area contributed by atoms with Gasteiger partial charge in [-0.15, -0.1) is 0 Å². The van der Waals surface area contributed by atoms with Crippen LogP contribution in [-0.4, -0.2) is 19.1 Å². The molecule has 7 heteroatoms. The summed E-state index contributed by atoms with van der Waals surface area (Å²) in [7, 11) is 0. The first-order chi connectivity index (χ1) is 11.1. The van der Waals surface area contributed by atoms with Gasteiger partial charge in [0.1, 0.15) is 11.6 Å². The Bertz CT molecular complexity index is 807. The highest BCUT2D eigenvalue weighted by molar-refractivity contribution is 5.37. The number of alkyl halides is 2. The van der Waals surface area contributed by atoms with Crippen molar-refractivity contribution in [1.29, 1.82) is 0 Å². The summed E-state index contributed by atoms with van der Waals surface area (Å²) in [5.41, 5.74) is 0.600. The fourth-order valence-electron chi connectivity index (χ4n) is 2.42. The van der Waals surface area contributed by atoms with E-state index in [0.29, 0.717) is 12.2 Å². The third-order valence-electron chi connectivity index (χ3n) is 3.60. The standard InChI is InChI=1S/C16H15F3N4/c1-2-15-20-5-6-22(15)8-11-9-23(10-21-11)12-3-4-14(17)13(7-12)16(18)19/h3-7,9-10,16H,2,8H2,1H3. The number of hydrogen-bond donors (Lipinski definition) is 0. The van der Waals surface area contributed by atoms with E-state index in [1.807, 2.05) is 17.7 Å². The summed E-state index contributed by atoms with van der Waals surface area (Å²) in [5.74, 6) is 0.0383. The summed E-state index contributed by atoms with van der Waals surface area (Å²) < 4.78 is 42.5. The van der Waals surface area contributed by atoms with Crippen LogP contribution in [0, 0.1) is 5.82 Å². The summed E-state index contributed by atoms with van der Waals surface area (Å²) >= 11 is 0. The number of rotatable bonds is 5. The molecule has 0 aliphatic carbocycles. The molecule has 0 amide bonds. The fourth-order valence-corrected chi connectivity index (χ4v) is 2.42. The van der Waals surface area contributed by atoms with E-state index in [1.54, 1.807) is 17.0 Å². The molecule has 0 aliphatic rings. The molecule has 0 bridgehead atoms. The van der Waals surface area contributed by atoms with Crippen molar-refractivity contribution < 1.29 is 13.2 Å². The Balaban J connectivity index is 1.86. The highest BCUT2D eigenvalue weighted by Crippen LogP contribution is 2.24. The van der Waals surface area contributed by atoms with Crippen LogP contribution in [0.3, 0.4) is 0 Å². The second-order valence-corrected chi connectivity index (χ2v) is 5.10. The lowest BCUT2D eigenvalue weighted by molar-refractivity contribution is 0.146. The van der Waals surface area contributed by atoms with Gasteiger partial charge in [-0.3, -0.25) is 0 Å². The lowest BCUT2D eigenvalue weighted by atomic mass is 10.2. The molecule has 0 spiro atoms. The van der Waals surface area contributed by atoms with Crippen LogP contribution >= 0.6 is 0 Å². The Morgan fingerprint density at radius 2 is 2.04 bits per heavy atom. The van der Waals surface area contributed by atoms with Gasteiger partial charge in [0.25, 0.3) is 6.43 Å². The molecule has 0 radical (unpaired) electrons. The molecule has 0 saturated heterocycles. The molecule has 0 fully saturated rings. The first kappa shape index (κ1) is 15.3. The number of aromatic nitrogens is 4. The van der Waals surface area contributed by atoms with Crippen LogP contribution in [0.25, 0.3) is 5.69 Å². The quantitative estimate of drug-likeness (QED) is 0.717. The van der Waals surface area contributed by atoms with Gasteiger partial charge in [0.05, 0.1) is 24.1 Å². The summed E-state index contributed by atoms with van der Waals surface area (Å²) in [6.07, 6.45) is 4.82. The molecule has 0 N–H and O–H groups in total. The summed E-state index contributed by atoms with van der Waals surface area (Å²) in [5, 5.41) is 0. The normalized spacial score (nSPS) is 11.3. The molecule has 120 valence electrons. The minimum Gasteiger partial charge on any atom is -0.329 e. The zero-order valence-electron chi connectivity index (χ0n) is 12.5. The van der Waals surface area contributed by atoms with E-state index in [1.165, 1.54) is 12.4 Å². The number of nitrogens with zero attached hydrogens (tertiary/aromatic N) is 4. The van der Waals surface area contributed by atoms with Gasteiger partial charge in [0.2, 0.25) is 0 Å². The highest BCUT2D eigenvalue weighted by atomic mass is 19.3. The highest BCUT2D eigenvalue weighted by Gasteiger charge is 2.14. The van der Waals surface area contributed by atoms with Crippen molar-refractivity contribution in [3.8, 4) is 5.69 Å². The average molecular weight is 320 g/mol. The Hall–Kier alpha value is -2.57. The van der Waals surface area contributed by atoms with E-state index < -0.39 is 17.8 Å². The van der Waals surface area contributed by atoms with Crippen LogP contribution in [0.15, 0.2) is 43.1 Å². The fraction of sp³-hybridized carbons (Fsp3) is 0.250. The number of imidazole rings is 2. The van der Waals surface area contributed by atoms with Gasteiger partial charge in [0, 0.05) is 30.7 Å². The van der Waals surface area contributed by atoms with E-state index in [9.17, 15) is 13.2 Å². The molecule has 3 rings (SSSR count). The molecular weight excluding hydrogens is 305 g/mol. The van der Waals surface area contributed by atoms with Gasteiger partial charge in [-0.1, -0.05) is 6.92 Å². The lowest BCUT2D eigenvalue weighted by Gasteiger charge is -2.07. The van der Waals surface area contributed by atoms with Crippen LogP contribution < -0.4 is 0 Å². The van der Waals surface area contributed by atoms with Crippen molar-refractivity contribution in [2.45, 2.75) is 26.3 Å². The Morgan fingerprint density at radius 3 is 2.78 bits per heavy atom. The van der Waals surface area contributed by atoms with Gasteiger partial charge < -0.3 is 9.13 Å². The van der Waals surface area contributed by atoms with Gasteiger partial charge in [-0.25, -0.2) is 23.1 Å². The largest absolute Gasteiger partial charge is 0.329 e. The summed E-state index contributed by atoms with van der Waals surface area (Å²) in [6, 6.07) is 3.63. The molecule has 0 atom stereocenters. The van der Waals surface area contributed by atoms with E-state index >= 15 is 0 Å². The van der Waals surface area contributed by atoms with E-state index in [-0.39, 0.29) is 0 Å². The maximum Gasteiger partial charge on any atom is 0.266 e. The molecule has 2 heterocycles. The monoisotopic (exact) mass is 320 g/mol. The van der Waals surface area contributed by atoms with Crippen LogP contribution in [0.4, 0.5) is 13.2 Å². The van der Waals surface area contributed by atoms with E-state index in [4.69, 9.17) is 0 Å². The maximum absolute atomic E-state index is 13.4. The number of hydrogen-bond acceptors (Lipinski definition) is 2. The van der Waals surface area contributed by atoms with Crippen molar-refractivity contribution in [1.82, 2.24) is 19.1 Å². The van der Waals surface area contributed by atoms with Crippen LogP contribution in [0.2, 0.25) is 0 Å². The molecular formula is C16H15F3N4. The molecule has 4 nitrogen and oxygen atoms in total. The molecule has 2 aromatic heterocycles. The van der Waals surface area contributed by atoms with E-state index in [2.05, 4.69) is 9.97 Å². The lowest BCUT2D eigenvalue weighted by Crippen LogP contribution is -2.03. The predicted octanol–water partition coefficient (Wildman–Crippen LogP) is 3.76. The zero-order chi connectivity index (χ0) is 16.4. The number of aryl methyl sites for hydroxylation is 1. The average Bonchev–Trinajstić information content (AvgIpc) is 3.17. The SMILES string of the molecule is CCc1nccn1Cc1cn(-c2ccc(F)c(C(F)F)c2)cn1. The van der Waals surface area contributed by atoms with Crippen molar-refractivity contribution in [2.24, 2.45) is 0 Å². The summed E-state index contributed by atoms with van der Waals surface area (Å²) in [6.45, 7) is 2.56. The third kappa shape index (κ3) is 3.13. The van der Waals surface area contributed by atoms with Crippen molar-refractivity contribution in [3.63, 3.8) is 0 Å². The Morgan fingerprint density at radius 1 is 1.22 bits per heavy atom. The second-order valence-electron chi connectivity index (χ2n) is 5.10. The second kappa shape index (κ2) is 6.28. The molecule has 0 unspecified atom stereocenters. The van der Waals surface area contributed by atoms with Gasteiger partial charge >= 0.3 is 0 Å². The van der Waals surface area contributed by atoms with Gasteiger partial charge in [-0.05, 0) is 18.2 Å². The van der Waals surface area contributed by atoms with Crippen LogP contribution in [0.5, 0.6) is 0 Å². The molecule has 0 aliphatic heterocycles. The first-order valence-corrected chi connectivity index (χ1v) is 7.19. The minimum absolute atomic E-state index is 0.446. The van der Waals surface area contributed by atoms with Crippen molar-refractivity contribution >= 4 is 0 Å². The van der Waals surface area contributed by atoms with Gasteiger partial charge in [-0.2, -0.15) is 0 Å². The molecule has 23 heavy (non-hydrogen) atoms. The van der Waals surface area contributed by atoms with Crippen LogP contribution in [-0.2, 0) is 13.0 Å². The maximum atomic E-state index is 13.4. The third-order valence-corrected chi connectivity index (χ3v) is 3.60. The number of benzene rings is 1. The van der Waals surface area contributed by atoms with Crippen molar-refractivity contribution in [2.75, 3.05) is 0 Å². The molecule has 3 aromatic rings. The van der Waals surface area contributed by atoms with E-state index in [0.717, 1.165) is 30.1 Å².